The molecule has 340 valence electrons. The molecular formula is C67H41N5O. The van der Waals surface area contributed by atoms with E-state index < -0.39 is 0 Å². The van der Waals surface area contributed by atoms with Gasteiger partial charge in [-0.3, -0.25) is 0 Å². The predicted molar refractivity (Wildman–Crippen MR) is 302 cm³/mol. The summed E-state index contributed by atoms with van der Waals surface area (Å²) in [7, 11) is 0. The van der Waals surface area contributed by atoms with Gasteiger partial charge in [0, 0.05) is 55.0 Å². The van der Waals surface area contributed by atoms with Gasteiger partial charge in [0.25, 0.3) is 0 Å². The number of benzene rings is 11. The molecule has 0 fully saturated rings. The number of aromatic nitrogens is 5. The quantitative estimate of drug-likeness (QED) is 0.172. The van der Waals surface area contributed by atoms with Crippen molar-refractivity contribution in [2.24, 2.45) is 0 Å². The molecule has 0 bridgehead atoms. The molecule has 0 spiro atoms. The van der Waals surface area contributed by atoms with Crippen LogP contribution >= 0.6 is 0 Å². The first-order valence-corrected chi connectivity index (χ1v) is 25.1. The fourth-order valence-corrected chi connectivity index (χ4v) is 12.0. The first-order valence-electron chi connectivity index (χ1n) is 25.1. The normalized spacial score (nSPS) is 12.8. The SMILES string of the molecule is C1=Cc2c(c3ccc(-c4nc(-c5ccc6ccccc6c5)nc(-c5ccc6ccc7oc8cccc(-n9c%10cc%11ccccc%11cc%10c%10ccc%11ccccc%11c%109)c8c7c6c5)n4)cc3n2-c2ccccc2)CC1. The Bertz CT molecular complexity index is 4860. The molecule has 1 aliphatic carbocycles. The van der Waals surface area contributed by atoms with Crippen LogP contribution in [0.2, 0.25) is 0 Å². The predicted octanol–water partition coefficient (Wildman–Crippen LogP) is 17.4. The van der Waals surface area contributed by atoms with Gasteiger partial charge >= 0.3 is 0 Å². The van der Waals surface area contributed by atoms with E-state index in [1.165, 1.54) is 59.9 Å². The van der Waals surface area contributed by atoms with Crippen LogP contribution < -0.4 is 0 Å². The summed E-state index contributed by atoms with van der Waals surface area (Å²) >= 11 is 0. The molecule has 0 N–H and O–H groups in total. The van der Waals surface area contributed by atoms with E-state index in [1.807, 2.05) is 0 Å². The molecule has 6 heteroatoms. The van der Waals surface area contributed by atoms with Crippen molar-refractivity contribution >= 4 is 104 Å². The largest absolute Gasteiger partial charge is 0.456 e. The lowest BCUT2D eigenvalue weighted by Crippen LogP contribution is -2.01. The summed E-state index contributed by atoms with van der Waals surface area (Å²) in [6, 6.07) is 76.3. The molecule has 0 saturated carbocycles. The van der Waals surface area contributed by atoms with Crippen molar-refractivity contribution in [2.75, 3.05) is 0 Å². The third-order valence-electron chi connectivity index (χ3n) is 15.3. The summed E-state index contributed by atoms with van der Waals surface area (Å²) in [5.41, 5.74) is 12.7. The minimum absolute atomic E-state index is 0.599. The van der Waals surface area contributed by atoms with Crippen molar-refractivity contribution in [3.05, 3.63) is 230 Å². The van der Waals surface area contributed by atoms with Crippen molar-refractivity contribution in [3.63, 3.8) is 0 Å². The third kappa shape index (κ3) is 6.07. The van der Waals surface area contributed by atoms with Crippen molar-refractivity contribution in [3.8, 4) is 45.5 Å². The van der Waals surface area contributed by atoms with E-state index in [1.54, 1.807) is 0 Å². The van der Waals surface area contributed by atoms with E-state index in [9.17, 15) is 0 Å². The maximum absolute atomic E-state index is 6.86. The standard InChI is InChI=1S/C67H41N5O/c1-2-18-49(19-3-1)71-56-22-11-10-21-51(56)52-32-30-48(39-58(52)71)67-69-65(46-27-25-40-13-4-5-15-43(40)35-46)68-66(70-67)47-28-26-42-31-34-61-62(54(42)37-47)63-57(23-12-24-60(63)73-61)72-59-38-45-17-7-6-16-44(45)36-55(59)53-33-29-41-14-8-9-20-50(41)64(53)72/h1-9,11-20,22-39H,10,21H2. The second-order valence-corrected chi connectivity index (χ2v) is 19.4. The minimum atomic E-state index is 0.599. The van der Waals surface area contributed by atoms with Crippen LogP contribution in [0.25, 0.3) is 149 Å². The van der Waals surface area contributed by atoms with Crippen LogP contribution in [0.1, 0.15) is 17.7 Å². The lowest BCUT2D eigenvalue weighted by atomic mass is 9.99. The molecule has 11 aromatic carbocycles. The Kier molecular flexibility index (Phi) is 8.48. The second-order valence-electron chi connectivity index (χ2n) is 19.4. The maximum Gasteiger partial charge on any atom is 0.164 e. The van der Waals surface area contributed by atoms with Crippen LogP contribution in [0.5, 0.6) is 0 Å². The van der Waals surface area contributed by atoms with E-state index in [0.29, 0.717) is 17.5 Å². The van der Waals surface area contributed by atoms with Gasteiger partial charge in [-0.25, -0.2) is 15.0 Å². The molecule has 16 rings (SSSR count). The summed E-state index contributed by atoms with van der Waals surface area (Å²) in [6.45, 7) is 0. The molecule has 6 nitrogen and oxygen atoms in total. The number of para-hydroxylation sites is 1. The van der Waals surface area contributed by atoms with E-state index in [4.69, 9.17) is 19.4 Å². The van der Waals surface area contributed by atoms with Gasteiger partial charge < -0.3 is 13.6 Å². The second kappa shape index (κ2) is 15.4. The molecule has 4 aromatic heterocycles. The highest BCUT2D eigenvalue weighted by Crippen LogP contribution is 2.45. The summed E-state index contributed by atoms with van der Waals surface area (Å²) in [5.74, 6) is 1.83. The van der Waals surface area contributed by atoms with Gasteiger partial charge in [0.05, 0.1) is 27.6 Å². The van der Waals surface area contributed by atoms with Gasteiger partial charge in [-0.2, -0.15) is 0 Å². The van der Waals surface area contributed by atoms with Gasteiger partial charge in [-0.05, 0) is 123 Å². The van der Waals surface area contributed by atoms with Crippen LogP contribution in [0.4, 0.5) is 0 Å². The van der Waals surface area contributed by atoms with Crippen LogP contribution in [0.3, 0.4) is 0 Å². The molecule has 0 atom stereocenters. The summed E-state index contributed by atoms with van der Waals surface area (Å²) in [5, 5.41) is 15.1. The molecule has 73 heavy (non-hydrogen) atoms. The summed E-state index contributed by atoms with van der Waals surface area (Å²) in [6.07, 6.45) is 6.59. The highest BCUT2D eigenvalue weighted by atomic mass is 16.3. The molecular weight excluding hydrogens is 891 g/mol. The highest BCUT2D eigenvalue weighted by molar-refractivity contribution is 6.25. The number of fused-ring (bicyclic) bond motifs is 15. The Balaban J connectivity index is 0.943. The average Bonchev–Trinajstić information content (AvgIpc) is 4.12. The molecule has 15 aromatic rings. The smallest absolute Gasteiger partial charge is 0.164 e. The Morgan fingerprint density at radius 3 is 1.81 bits per heavy atom. The lowest BCUT2D eigenvalue weighted by Gasteiger charge is -2.13. The molecule has 0 amide bonds. The third-order valence-corrected chi connectivity index (χ3v) is 15.3. The van der Waals surface area contributed by atoms with E-state index >= 15 is 0 Å². The van der Waals surface area contributed by atoms with Crippen LogP contribution in [-0.4, -0.2) is 24.1 Å². The van der Waals surface area contributed by atoms with Crippen LogP contribution in [-0.2, 0) is 6.42 Å². The van der Waals surface area contributed by atoms with Gasteiger partial charge in [-0.15, -0.1) is 0 Å². The first kappa shape index (κ1) is 40.1. The number of nitrogens with zero attached hydrogens (tertiary/aromatic N) is 5. The lowest BCUT2D eigenvalue weighted by molar-refractivity contribution is 0.669. The highest BCUT2D eigenvalue weighted by Gasteiger charge is 2.24. The number of furan rings is 1. The molecule has 4 heterocycles. The fourth-order valence-electron chi connectivity index (χ4n) is 12.0. The Labute approximate surface area is 418 Å². The molecule has 1 aliphatic rings. The van der Waals surface area contributed by atoms with E-state index in [-0.39, 0.29) is 0 Å². The van der Waals surface area contributed by atoms with E-state index in [2.05, 4.69) is 234 Å². The monoisotopic (exact) mass is 931 g/mol. The minimum Gasteiger partial charge on any atom is -0.456 e. The number of rotatable bonds is 5. The fraction of sp³-hybridized carbons (Fsp3) is 0.0299. The zero-order chi connectivity index (χ0) is 47.7. The Morgan fingerprint density at radius 1 is 0.384 bits per heavy atom. The van der Waals surface area contributed by atoms with Crippen molar-refractivity contribution < 1.29 is 4.42 Å². The van der Waals surface area contributed by atoms with Gasteiger partial charge in [0.15, 0.2) is 17.5 Å². The van der Waals surface area contributed by atoms with Crippen molar-refractivity contribution in [1.29, 1.82) is 0 Å². The zero-order valence-corrected chi connectivity index (χ0v) is 39.4. The number of hydrogen-bond donors (Lipinski definition) is 0. The molecule has 0 saturated heterocycles. The molecule has 0 unspecified atom stereocenters. The Hall–Kier alpha value is -9.65. The van der Waals surface area contributed by atoms with Gasteiger partial charge in [0.2, 0.25) is 0 Å². The van der Waals surface area contributed by atoms with Crippen LogP contribution in [0.15, 0.2) is 223 Å². The zero-order valence-electron chi connectivity index (χ0n) is 39.4. The summed E-state index contributed by atoms with van der Waals surface area (Å²) < 4.78 is 11.7. The number of hydrogen-bond acceptors (Lipinski definition) is 4. The number of allylic oxidation sites excluding steroid dienone is 1. The molecule has 0 aliphatic heterocycles. The van der Waals surface area contributed by atoms with E-state index in [0.717, 1.165) is 90.0 Å². The first-order chi connectivity index (χ1) is 36.2. The Morgan fingerprint density at radius 2 is 0.986 bits per heavy atom. The number of aryl methyl sites for hydroxylation is 1. The topological polar surface area (TPSA) is 61.7 Å². The van der Waals surface area contributed by atoms with Crippen LogP contribution in [0, 0.1) is 0 Å². The maximum atomic E-state index is 6.86. The average molecular weight is 932 g/mol. The van der Waals surface area contributed by atoms with Gasteiger partial charge in [0.1, 0.15) is 11.2 Å². The van der Waals surface area contributed by atoms with Gasteiger partial charge in [-0.1, -0.05) is 158 Å². The van der Waals surface area contributed by atoms with Crippen molar-refractivity contribution in [1.82, 2.24) is 24.1 Å². The summed E-state index contributed by atoms with van der Waals surface area (Å²) in [4.78, 5) is 16.0. The molecule has 0 radical (unpaired) electrons. The van der Waals surface area contributed by atoms with Crippen molar-refractivity contribution in [2.45, 2.75) is 12.8 Å².